The molecule has 0 fully saturated rings. The molecule has 0 saturated heterocycles. The summed E-state index contributed by atoms with van der Waals surface area (Å²) >= 11 is 0. The van der Waals surface area contributed by atoms with Gasteiger partial charge in [0.15, 0.2) is 0 Å². The van der Waals surface area contributed by atoms with Crippen LogP contribution in [0.4, 0.5) is 17.1 Å². The maximum Gasteiger partial charge on any atom is 0.0547 e. The molecule has 0 bridgehead atoms. The largest absolute Gasteiger partial charge is 0.310 e. The van der Waals surface area contributed by atoms with Crippen molar-refractivity contribution < 1.29 is 0 Å². The average molecular weight is 855 g/mol. The molecule has 1 aliphatic carbocycles. The minimum Gasteiger partial charge on any atom is -0.310 e. The van der Waals surface area contributed by atoms with Crippen molar-refractivity contribution in [3.63, 3.8) is 0 Å². The van der Waals surface area contributed by atoms with Gasteiger partial charge in [0, 0.05) is 38.8 Å². The fourth-order valence-electron chi connectivity index (χ4n) is 11.1. The zero-order valence-corrected chi connectivity index (χ0v) is 37.5. The second kappa shape index (κ2) is 15.3. The molecule has 0 amide bonds. The van der Waals surface area contributed by atoms with Gasteiger partial charge in [0.05, 0.1) is 16.7 Å². The lowest BCUT2D eigenvalue weighted by atomic mass is 9.82. The molecule has 0 spiro atoms. The predicted octanol–water partition coefficient (Wildman–Crippen LogP) is 17.9. The van der Waals surface area contributed by atoms with Gasteiger partial charge < -0.3 is 9.47 Å². The van der Waals surface area contributed by atoms with Gasteiger partial charge in [-0.2, -0.15) is 0 Å². The quantitative estimate of drug-likeness (QED) is 0.145. The van der Waals surface area contributed by atoms with Crippen LogP contribution in [-0.4, -0.2) is 4.57 Å². The fourth-order valence-corrected chi connectivity index (χ4v) is 11.1. The Kier molecular flexibility index (Phi) is 8.91. The van der Waals surface area contributed by atoms with Crippen LogP contribution < -0.4 is 4.90 Å². The van der Waals surface area contributed by atoms with E-state index in [9.17, 15) is 0 Å². The molecule has 0 aliphatic heterocycles. The van der Waals surface area contributed by atoms with Gasteiger partial charge in [0.1, 0.15) is 0 Å². The van der Waals surface area contributed by atoms with Crippen LogP contribution in [-0.2, 0) is 5.41 Å². The van der Waals surface area contributed by atoms with E-state index in [-0.39, 0.29) is 5.41 Å². The van der Waals surface area contributed by atoms with E-state index in [2.05, 4.69) is 266 Å². The highest BCUT2D eigenvalue weighted by Crippen LogP contribution is 2.50. The van der Waals surface area contributed by atoms with Gasteiger partial charge >= 0.3 is 0 Å². The molecule has 13 rings (SSSR count). The fraction of sp³-hybridized carbons (Fsp3) is 0.0462. The van der Waals surface area contributed by atoms with Crippen LogP contribution in [0.1, 0.15) is 25.0 Å². The summed E-state index contributed by atoms with van der Waals surface area (Å²) in [4.78, 5) is 2.43. The number of nitrogens with zero attached hydrogens (tertiary/aromatic N) is 2. The van der Waals surface area contributed by atoms with E-state index in [1.807, 2.05) is 0 Å². The second-order valence-electron chi connectivity index (χ2n) is 18.5. The number of para-hydroxylation sites is 2. The first kappa shape index (κ1) is 39.0. The zero-order valence-electron chi connectivity index (χ0n) is 37.5. The smallest absolute Gasteiger partial charge is 0.0547 e. The van der Waals surface area contributed by atoms with Crippen molar-refractivity contribution in [1.29, 1.82) is 0 Å². The third-order valence-corrected chi connectivity index (χ3v) is 14.4. The van der Waals surface area contributed by atoms with Crippen molar-refractivity contribution in [3.8, 4) is 50.2 Å². The second-order valence-corrected chi connectivity index (χ2v) is 18.5. The van der Waals surface area contributed by atoms with E-state index in [1.54, 1.807) is 0 Å². The highest BCUT2D eigenvalue weighted by molar-refractivity contribution is 6.16. The summed E-state index contributed by atoms with van der Waals surface area (Å²) in [6.07, 6.45) is 0. The van der Waals surface area contributed by atoms with Gasteiger partial charge in [-0.3, -0.25) is 0 Å². The molecular weight excluding hydrogens is 809 g/mol. The van der Waals surface area contributed by atoms with Gasteiger partial charge in [-0.1, -0.05) is 196 Å². The lowest BCUT2D eigenvalue weighted by Gasteiger charge is -2.28. The molecule has 0 unspecified atom stereocenters. The van der Waals surface area contributed by atoms with Crippen LogP contribution >= 0.6 is 0 Å². The zero-order chi connectivity index (χ0) is 44.6. The molecule has 67 heavy (non-hydrogen) atoms. The number of rotatable bonds is 7. The van der Waals surface area contributed by atoms with Crippen LogP contribution in [0.25, 0.3) is 93.5 Å². The van der Waals surface area contributed by atoms with Crippen LogP contribution in [0.2, 0.25) is 0 Å². The normalized spacial score (nSPS) is 12.7. The summed E-state index contributed by atoms with van der Waals surface area (Å²) in [5, 5.41) is 7.57. The first-order chi connectivity index (χ1) is 33.0. The number of benzene rings is 11. The number of hydrogen-bond donors (Lipinski definition) is 0. The molecule has 0 radical (unpaired) electrons. The van der Waals surface area contributed by atoms with Crippen molar-refractivity contribution in [2.75, 3.05) is 4.90 Å². The van der Waals surface area contributed by atoms with Crippen molar-refractivity contribution in [1.82, 2.24) is 4.57 Å². The number of hydrogen-bond acceptors (Lipinski definition) is 1. The third-order valence-electron chi connectivity index (χ3n) is 14.4. The molecule has 0 N–H and O–H groups in total. The first-order valence-electron chi connectivity index (χ1n) is 23.3. The minimum absolute atomic E-state index is 0.0935. The van der Waals surface area contributed by atoms with Crippen molar-refractivity contribution >= 4 is 60.4 Å². The SMILES string of the molecule is CC1(C)c2ccccc2-c2ccc(-n3c4ccccc4c4c(-c5cccc(N(c6ccc(-c7ccc8c(ccc9ccccc98)c7)cc6)c6ccccc6-c6ccccc6)c5)cccc43)cc21. The van der Waals surface area contributed by atoms with Gasteiger partial charge in [0.25, 0.3) is 0 Å². The summed E-state index contributed by atoms with van der Waals surface area (Å²) in [5.74, 6) is 0. The molecule has 2 nitrogen and oxygen atoms in total. The maximum atomic E-state index is 2.47. The molecule has 0 atom stereocenters. The topological polar surface area (TPSA) is 8.17 Å². The minimum atomic E-state index is -0.0935. The summed E-state index contributed by atoms with van der Waals surface area (Å²) in [6.45, 7) is 4.72. The Morgan fingerprint density at radius 3 is 1.87 bits per heavy atom. The van der Waals surface area contributed by atoms with Crippen molar-refractivity contribution in [2.24, 2.45) is 0 Å². The Morgan fingerprint density at radius 2 is 0.985 bits per heavy atom. The standard InChI is InChI=1S/C65H46N2/c1-65(2)59-26-11-8-23-56(59)57-39-37-51(42-60(57)65)67-62-28-13-10-24-58(62)64-55(25-15-29-63(64)67)47-19-14-20-50(41-47)66(61-27-12-9-22-54(61)44-16-4-3-5-17-44)49-35-32-43(33-36-49)46-34-38-53-48(40-46)31-30-45-18-6-7-21-52(45)53/h3-42H,1-2H3. The van der Waals surface area contributed by atoms with Crippen LogP contribution in [0.15, 0.2) is 243 Å². The molecule has 316 valence electrons. The van der Waals surface area contributed by atoms with Gasteiger partial charge in [-0.15, -0.1) is 0 Å². The van der Waals surface area contributed by atoms with E-state index >= 15 is 0 Å². The maximum absolute atomic E-state index is 2.47. The lowest BCUT2D eigenvalue weighted by molar-refractivity contribution is 0.660. The van der Waals surface area contributed by atoms with Gasteiger partial charge in [-0.25, -0.2) is 0 Å². The van der Waals surface area contributed by atoms with Crippen LogP contribution in [0, 0.1) is 0 Å². The molecule has 11 aromatic carbocycles. The number of anilines is 3. The highest BCUT2D eigenvalue weighted by Gasteiger charge is 2.35. The third kappa shape index (κ3) is 6.25. The Labute approximate surface area is 391 Å². The molecule has 1 heterocycles. The van der Waals surface area contributed by atoms with Gasteiger partial charge in [0.2, 0.25) is 0 Å². The average Bonchev–Trinajstić information content (AvgIpc) is 3.85. The van der Waals surface area contributed by atoms with E-state index in [4.69, 9.17) is 0 Å². The Hall–Kier alpha value is -8.46. The summed E-state index contributed by atoms with van der Waals surface area (Å²) in [6, 6.07) is 89.4. The molecule has 1 aromatic heterocycles. The molecule has 0 saturated carbocycles. The Morgan fingerprint density at radius 1 is 0.343 bits per heavy atom. The Bertz CT molecular complexity index is 3890. The molecule has 12 aromatic rings. The van der Waals surface area contributed by atoms with Crippen LogP contribution in [0.5, 0.6) is 0 Å². The molecule has 2 heteroatoms. The van der Waals surface area contributed by atoms with E-state index in [1.165, 1.54) is 105 Å². The van der Waals surface area contributed by atoms with Gasteiger partial charge in [-0.05, 0) is 132 Å². The first-order valence-corrected chi connectivity index (χ1v) is 23.3. The van der Waals surface area contributed by atoms with Crippen molar-refractivity contribution in [3.05, 3.63) is 254 Å². The summed E-state index contributed by atoms with van der Waals surface area (Å²) in [5.41, 5.74) is 19.3. The van der Waals surface area contributed by atoms with E-state index < -0.39 is 0 Å². The van der Waals surface area contributed by atoms with Crippen molar-refractivity contribution in [2.45, 2.75) is 19.3 Å². The molecular formula is C65H46N2. The predicted molar refractivity (Wildman–Crippen MR) is 284 cm³/mol. The summed E-state index contributed by atoms with van der Waals surface area (Å²) in [7, 11) is 0. The highest BCUT2D eigenvalue weighted by atomic mass is 15.1. The van der Waals surface area contributed by atoms with E-state index in [0.29, 0.717) is 0 Å². The van der Waals surface area contributed by atoms with Crippen LogP contribution in [0.3, 0.4) is 0 Å². The number of fused-ring (bicyclic) bond motifs is 9. The molecule has 1 aliphatic rings. The summed E-state index contributed by atoms with van der Waals surface area (Å²) < 4.78 is 2.47. The Balaban J connectivity index is 0.948. The lowest BCUT2D eigenvalue weighted by Crippen LogP contribution is -2.15. The number of aromatic nitrogens is 1. The monoisotopic (exact) mass is 854 g/mol. The van der Waals surface area contributed by atoms with E-state index in [0.717, 1.165) is 17.1 Å².